The molecule has 0 spiro atoms. The monoisotopic (exact) mass is 191 g/mol. The smallest absolute Gasteiger partial charge is 0.175 e. The van der Waals surface area contributed by atoms with Gasteiger partial charge in [-0.1, -0.05) is 23.4 Å². The third-order valence-electron chi connectivity index (χ3n) is 2.08. The highest BCUT2D eigenvalue weighted by Gasteiger charge is 2.17. The van der Waals surface area contributed by atoms with Crippen molar-refractivity contribution in [2.45, 2.75) is 6.42 Å². The Morgan fingerprint density at radius 3 is 2.86 bits per heavy atom. The molecule has 2 rings (SSSR count). The second-order valence-corrected chi connectivity index (χ2v) is 2.92. The molecule has 0 amide bonds. The molecule has 0 unspecified atom stereocenters. The number of rotatable bonds is 0. The van der Waals surface area contributed by atoms with Crippen molar-refractivity contribution >= 4 is 17.2 Å². The summed E-state index contributed by atoms with van der Waals surface area (Å²) in [7, 11) is 0. The van der Waals surface area contributed by atoms with E-state index in [-0.39, 0.29) is 5.84 Å². The quantitative estimate of drug-likeness (QED) is 0.424. The highest BCUT2D eigenvalue weighted by atomic mass is 16.5. The maximum Gasteiger partial charge on any atom is 0.175 e. The number of nitrogens with one attached hydrogen (secondary N) is 1. The average molecular weight is 191 g/mol. The number of para-hydroxylation sites is 1. The van der Waals surface area contributed by atoms with Crippen molar-refractivity contribution in [2.75, 3.05) is 0 Å². The van der Waals surface area contributed by atoms with E-state index in [1.807, 2.05) is 29.7 Å². The molecular formula is C9H9N3O2. The van der Waals surface area contributed by atoms with Crippen LogP contribution in [0.2, 0.25) is 0 Å². The first-order valence-electron chi connectivity index (χ1n) is 4.13. The second kappa shape index (κ2) is 3.47. The van der Waals surface area contributed by atoms with Crippen LogP contribution in [0.3, 0.4) is 0 Å². The minimum absolute atomic E-state index is 0.186. The second-order valence-electron chi connectivity index (χ2n) is 2.92. The summed E-state index contributed by atoms with van der Waals surface area (Å²) in [5.74, 6) is 0.186. The largest absolute Gasteiger partial charge is 0.411 e. The fourth-order valence-corrected chi connectivity index (χ4v) is 1.39. The summed E-state index contributed by atoms with van der Waals surface area (Å²) in [5.41, 5.74) is 3.98. The maximum atomic E-state index is 8.75. The summed E-state index contributed by atoms with van der Waals surface area (Å²) in [5, 5.41) is 20.5. The number of amidine groups is 1. The van der Waals surface area contributed by atoms with Crippen molar-refractivity contribution in [3.63, 3.8) is 0 Å². The van der Waals surface area contributed by atoms with Crippen LogP contribution in [0.4, 0.5) is 5.69 Å². The van der Waals surface area contributed by atoms with Crippen molar-refractivity contribution in [1.29, 1.82) is 0 Å². The molecule has 3 N–H and O–H groups in total. The number of hydrogen-bond donors (Lipinski definition) is 3. The summed E-state index contributed by atoms with van der Waals surface area (Å²) in [6.45, 7) is 0. The maximum absolute atomic E-state index is 8.75. The molecule has 0 aromatic heterocycles. The Bertz CT molecular complexity index is 412. The molecule has 0 saturated heterocycles. The zero-order chi connectivity index (χ0) is 9.97. The van der Waals surface area contributed by atoms with Gasteiger partial charge in [-0.15, -0.1) is 0 Å². The van der Waals surface area contributed by atoms with Crippen molar-refractivity contribution in [1.82, 2.24) is 5.48 Å². The van der Waals surface area contributed by atoms with Gasteiger partial charge in [-0.25, -0.2) is 4.99 Å². The Kier molecular flexibility index (Phi) is 2.16. The van der Waals surface area contributed by atoms with Crippen molar-refractivity contribution in [3.05, 3.63) is 29.8 Å². The van der Waals surface area contributed by atoms with E-state index in [0.717, 1.165) is 11.3 Å². The number of benzene rings is 1. The highest BCUT2D eigenvalue weighted by molar-refractivity contribution is 6.42. The Balaban J connectivity index is 2.50. The summed E-state index contributed by atoms with van der Waals surface area (Å²) in [6.07, 6.45) is 0.457. The summed E-state index contributed by atoms with van der Waals surface area (Å²) in [6, 6.07) is 7.48. The normalized spacial score (nSPS) is 17.5. The number of hydrogen-bond acceptors (Lipinski definition) is 5. The predicted molar refractivity (Wildman–Crippen MR) is 51.4 cm³/mol. The Morgan fingerprint density at radius 2 is 2.14 bits per heavy atom. The van der Waals surface area contributed by atoms with Gasteiger partial charge >= 0.3 is 0 Å². The van der Waals surface area contributed by atoms with Crippen LogP contribution in [0.15, 0.2) is 34.4 Å². The lowest BCUT2D eigenvalue weighted by Crippen LogP contribution is -2.32. The van der Waals surface area contributed by atoms with Gasteiger partial charge in [0.25, 0.3) is 0 Å². The zero-order valence-electron chi connectivity index (χ0n) is 7.31. The molecule has 0 atom stereocenters. The summed E-state index contributed by atoms with van der Waals surface area (Å²) < 4.78 is 0. The van der Waals surface area contributed by atoms with E-state index < -0.39 is 0 Å². The number of nitrogens with zero attached hydrogens (tertiary/aromatic N) is 2. The van der Waals surface area contributed by atoms with Crippen molar-refractivity contribution in [3.8, 4) is 0 Å². The zero-order valence-corrected chi connectivity index (χ0v) is 7.31. The van der Waals surface area contributed by atoms with Gasteiger partial charge in [0.2, 0.25) is 0 Å². The van der Waals surface area contributed by atoms with E-state index in [1.54, 1.807) is 0 Å². The van der Waals surface area contributed by atoms with Crippen LogP contribution >= 0.6 is 0 Å². The molecule has 0 saturated carbocycles. The van der Waals surface area contributed by atoms with E-state index in [4.69, 9.17) is 10.4 Å². The van der Waals surface area contributed by atoms with Gasteiger partial charge in [-0.3, -0.25) is 10.7 Å². The number of fused-ring (bicyclic) bond motifs is 1. The minimum Gasteiger partial charge on any atom is -0.411 e. The molecule has 5 nitrogen and oxygen atoms in total. The molecule has 0 radical (unpaired) electrons. The van der Waals surface area contributed by atoms with Crippen molar-refractivity contribution < 1.29 is 10.4 Å². The molecule has 72 valence electrons. The standard InChI is InChI=1S/C9H9N3O2/c13-11-8-5-6-3-1-2-4-7(6)10-9(8)12-14/h1-4,13-14H,5H2,(H,10,12). The van der Waals surface area contributed by atoms with Gasteiger partial charge in [-0.2, -0.15) is 0 Å². The SMILES string of the molecule is ON=C1Cc2ccccc2N=C1NO. The average Bonchev–Trinajstić information content (AvgIpc) is 2.27. The van der Waals surface area contributed by atoms with Crippen LogP contribution in [0.5, 0.6) is 0 Å². The van der Waals surface area contributed by atoms with E-state index in [0.29, 0.717) is 12.1 Å². The lowest BCUT2D eigenvalue weighted by atomic mass is 10.0. The van der Waals surface area contributed by atoms with Gasteiger partial charge in [0, 0.05) is 6.42 Å². The van der Waals surface area contributed by atoms with Crippen LogP contribution in [0, 0.1) is 0 Å². The molecule has 1 heterocycles. The number of hydroxylamine groups is 1. The van der Waals surface area contributed by atoms with Gasteiger partial charge < -0.3 is 5.21 Å². The minimum atomic E-state index is 0.186. The van der Waals surface area contributed by atoms with E-state index >= 15 is 0 Å². The third-order valence-corrected chi connectivity index (χ3v) is 2.08. The van der Waals surface area contributed by atoms with Gasteiger partial charge in [0.1, 0.15) is 5.71 Å². The lowest BCUT2D eigenvalue weighted by Gasteiger charge is -2.14. The third kappa shape index (κ3) is 1.33. The topological polar surface area (TPSA) is 77.2 Å². The molecule has 0 fully saturated rings. The number of aliphatic imine (C=N–C) groups is 1. The van der Waals surface area contributed by atoms with Crippen LogP contribution in [0.25, 0.3) is 0 Å². The molecule has 5 heteroatoms. The fraction of sp³-hybridized carbons (Fsp3) is 0.111. The number of oxime groups is 1. The van der Waals surface area contributed by atoms with E-state index in [2.05, 4.69) is 10.1 Å². The molecule has 14 heavy (non-hydrogen) atoms. The van der Waals surface area contributed by atoms with E-state index in [9.17, 15) is 0 Å². The molecule has 1 aliphatic rings. The lowest BCUT2D eigenvalue weighted by molar-refractivity contribution is 0.235. The Hall–Kier alpha value is -1.88. The van der Waals surface area contributed by atoms with Crippen LogP contribution < -0.4 is 5.48 Å². The molecule has 1 aromatic carbocycles. The highest BCUT2D eigenvalue weighted by Crippen LogP contribution is 2.23. The van der Waals surface area contributed by atoms with Crippen LogP contribution in [0.1, 0.15) is 5.56 Å². The van der Waals surface area contributed by atoms with E-state index in [1.165, 1.54) is 0 Å². The fourth-order valence-electron chi connectivity index (χ4n) is 1.39. The molecule has 0 bridgehead atoms. The molecule has 0 aliphatic carbocycles. The van der Waals surface area contributed by atoms with Crippen LogP contribution in [-0.4, -0.2) is 22.0 Å². The van der Waals surface area contributed by atoms with Gasteiger partial charge in [-0.05, 0) is 11.6 Å². The predicted octanol–water partition coefficient (Wildman–Crippen LogP) is 1.08. The van der Waals surface area contributed by atoms with Gasteiger partial charge in [0.15, 0.2) is 5.84 Å². The Morgan fingerprint density at radius 1 is 1.36 bits per heavy atom. The van der Waals surface area contributed by atoms with Crippen LogP contribution in [-0.2, 0) is 6.42 Å². The first-order valence-corrected chi connectivity index (χ1v) is 4.13. The summed E-state index contributed by atoms with van der Waals surface area (Å²) >= 11 is 0. The first-order chi connectivity index (χ1) is 6.85. The molecule has 1 aromatic rings. The van der Waals surface area contributed by atoms with Crippen molar-refractivity contribution in [2.24, 2.45) is 10.1 Å². The molecular weight excluding hydrogens is 182 g/mol. The Labute approximate surface area is 80.4 Å². The summed E-state index contributed by atoms with van der Waals surface area (Å²) in [4.78, 5) is 4.08. The van der Waals surface area contributed by atoms with Gasteiger partial charge in [0.05, 0.1) is 5.69 Å². The molecule has 1 aliphatic heterocycles. The first kappa shape index (κ1) is 8.71.